The Morgan fingerprint density at radius 3 is 1.16 bits per heavy atom. The molecule has 0 fully saturated rings. The Bertz CT molecular complexity index is 1850. The lowest BCUT2D eigenvalue weighted by molar-refractivity contribution is 0.686. The Kier molecular flexibility index (Phi) is 20.6. The average Bonchev–Trinajstić information content (AvgIpc) is 3.12. The molecule has 0 spiro atoms. The van der Waals surface area contributed by atoms with Gasteiger partial charge in [0.05, 0.1) is 0 Å². The number of rotatable bonds is 9. The van der Waals surface area contributed by atoms with Gasteiger partial charge in [-0.15, -0.1) is 11.8 Å². The first-order chi connectivity index (χ1) is 23.7. The predicted octanol–water partition coefficient (Wildman–Crippen LogP) is 12.8. The van der Waals surface area contributed by atoms with E-state index in [4.69, 9.17) is 0 Å². The Balaban J connectivity index is 0.000000379. The van der Waals surface area contributed by atoms with Gasteiger partial charge in [-0.2, -0.15) is 0 Å². The monoisotopic (exact) mass is 790 g/mol. The zero-order chi connectivity index (χ0) is 35.0. The molecule has 0 saturated heterocycles. The molecule has 0 aliphatic carbocycles. The summed E-state index contributed by atoms with van der Waals surface area (Å²) in [5, 5.41) is 0. The molecule has 6 aromatic carbocycles. The minimum atomic E-state index is -0.893. The maximum atomic E-state index is 11.2. The highest BCUT2D eigenvalue weighted by molar-refractivity contribution is 8.00. The van der Waals surface area contributed by atoms with E-state index in [0.29, 0.717) is 10.9 Å². The van der Waals surface area contributed by atoms with Crippen molar-refractivity contribution >= 4 is 68.7 Å². The van der Waals surface area contributed by atoms with Crippen molar-refractivity contribution in [3.05, 3.63) is 163 Å². The lowest BCUT2D eigenvalue weighted by Gasteiger charge is -2.03. The van der Waals surface area contributed by atoms with Crippen molar-refractivity contribution in [3.8, 4) is 0 Å². The van der Waals surface area contributed by atoms with Crippen LogP contribution in [0.4, 0.5) is 0 Å². The van der Waals surface area contributed by atoms with Gasteiger partial charge in [0.2, 0.25) is 0 Å². The van der Waals surface area contributed by atoms with Gasteiger partial charge in [0.1, 0.15) is 12.5 Å². The normalized spacial score (nSPS) is 10.7. The predicted molar refractivity (Wildman–Crippen MR) is 234 cm³/mol. The average molecular weight is 791 g/mol. The quantitative estimate of drug-likeness (QED) is 0.108. The summed E-state index contributed by atoms with van der Waals surface area (Å²) in [6.45, 7) is 4.23. The standard InChI is InChI=1S/C15H17S2.C14H14S2.C13H12OS2.CH4.H2O/c1-12-4-6-13(7-5-12)16-14-8-10-15(11-9-14)17(2)3;1-11-3-5-13(6-4-11)16-14-9-7-12(15-2)8-10-14;1-16(14)13-9-7-12(8-10-13)15-11-5-3-2-4-6-11;;/h4-11H,1-3H3;3-10H,1-2H3;2-10H,1H3;1H4;1H2/q+1;;;;/p+1. The van der Waals surface area contributed by atoms with Crippen LogP contribution in [0.3, 0.4) is 0 Å². The molecule has 0 saturated carbocycles. The Labute approximate surface area is 330 Å². The van der Waals surface area contributed by atoms with Crippen LogP contribution < -0.4 is 0 Å². The second-order valence-corrected chi connectivity index (χ2v) is 18.9. The Morgan fingerprint density at radius 1 is 0.490 bits per heavy atom. The van der Waals surface area contributed by atoms with Gasteiger partial charge in [-0.3, -0.25) is 4.21 Å². The number of benzene rings is 6. The van der Waals surface area contributed by atoms with Crippen LogP contribution in [0.25, 0.3) is 0 Å². The molecule has 2 N–H and O–H groups in total. The smallest absolute Gasteiger partial charge is 0.412 e. The van der Waals surface area contributed by atoms with Gasteiger partial charge in [-0.05, 0) is 129 Å². The molecule has 2 nitrogen and oxygen atoms in total. The summed E-state index contributed by atoms with van der Waals surface area (Å²) < 4.78 is 11.2. The molecular formula is C43H50O2S6+2. The highest BCUT2D eigenvalue weighted by Crippen LogP contribution is 2.30. The molecule has 6 aromatic rings. The minimum Gasteiger partial charge on any atom is -0.412 e. The maximum Gasteiger partial charge on any atom is 1.00 e. The number of thioether (sulfide) groups is 1. The highest BCUT2D eigenvalue weighted by Gasteiger charge is 2.07. The van der Waals surface area contributed by atoms with Gasteiger partial charge in [0.25, 0.3) is 0 Å². The van der Waals surface area contributed by atoms with Crippen LogP contribution in [0.2, 0.25) is 0 Å². The molecule has 1 unspecified atom stereocenters. The van der Waals surface area contributed by atoms with Crippen LogP contribution in [0, 0.1) is 13.8 Å². The summed E-state index contributed by atoms with van der Waals surface area (Å²) in [6, 6.07) is 53.0. The Morgan fingerprint density at radius 2 is 0.804 bits per heavy atom. The molecule has 268 valence electrons. The summed E-state index contributed by atoms with van der Waals surface area (Å²) in [4.78, 5) is 11.2. The molecule has 0 aliphatic rings. The largest absolute Gasteiger partial charge is 1.00 e. The number of hydrogen-bond donors (Lipinski definition) is 0. The lowest BCUT2D eigenvalue weighted by atomic mass is 10.2. The fraction of sp³-hybridized carbons (Fsp3) is 0.163. The maximum absolute atomic E-state index is 11.2. The molecule has 0 radical (unpaired) electrons. The summed E-state index contributed by atoms with van der Waals surface area (Å²) in [5.41, 5.74) is 2.62. The topological polar surface area (TPSA) is 48.6 Å². The molecule has 0 amide bonds. The Hall–Kier alpha value is -2.82. The van der Waals surface area contributed by atoms with Crippen molar-refractivity contribution in [1.29, 1.82) is 0 Å². The van der Waals surface area contributed by atoms with Crippen LogP contribution in [0.15, 0.2) is 196 Å². The van der Waals surface area contributed by atoms with Gasteiger partial charge in [-0.1, -0.05) is 96.3 Å². The number of aryl methyl sites for hydroxylation is 2. The fourth-order valence-electron chi connectivity index (χ4n) is 4.23. The van der Waals surface area contributed by atoms with Crippen molar-refractivity contribution in [2.75, 3.05) is 25.0 Å². The van der Waals surface area contributed by atoms with Crippen molar-refractivity contribution in [3.63, 3.8) is 0 Å². The van der Waals surface area contributed by atoms with Gasteiger partial charge < -0.3 is 5.48 Å². The highest BCUT2D eigenvalue weighted by atomic mass is 32.2. The van der Waals surface area contributed by atoms with E-state index in [1.54, 1.807) is 41.5 Å². The molecule has 1 atom stereocenters. The summed E-state index contributed by atoms with van der Waals surface area (Å²) in [5.74, 6) is 0. The van der Waals surface area contributed by atoms with Gasteiger partial charge >= 0.3 is 1.43 Å². The molecule has 6 rings (SSSR count). The van der Waals surface area contributed by atoms with E-state index in [1.807, 2.05) is 54.2 Å². The third-order valence-corrected chi connectivity index (χ3v) is 12.9. The second-order valence-electron chi connectivity index (χ2n) is 11.1. The van der Waals surface area contributed by atoms with Crippen molar-refractivity contribution in [2.24, 2.45) is 0 Å². The van der Waals surface area contributed by atoms with E-state index in [-0.39, 0.29) is 14.3 Å². The van der Waals surface area contributed by atoms with Gasteiger partial charge in [0, 0.05) is 67.1 Å². The third-order valence-electron chi connectivity index (χ3n) is 7.00. The summed E-state index contributed by atoms with van der Waals surface area (Å²) in [6.07, 6.45) is 8.30. The van der Waals surface area contributed by atoms with E-state index in [2.05, 4.69) is 142 Å². The van der Waals surface area contributed by atoms with Crippen molar-refractivity contribution in [1.82, 2.24) is 0 Å². The second kappa shape index (κ2) is 23.7. The first-order valence-corrected chi connectivity index (χ1v) is 22.9. The van der Waals surface area contributed by atoms with E-state index in [0.717, 1.165) is 4.90 Å². The molecule has 0 heterocycles. The molecule has 8 heteroatoms. The van der Waals surface area contributed by atoms with Crippen molar-refractivity contribution < 1.29 is 11.1 Å². The van der Waals surface area contributed by atoms with Gasteiger partial charge in [-0.25, -0.2) is 0 Å². The van der Waals surface area contributed by atoms with E-state index in [9.17, 15) is 4.21 Å². The third kappa shape index (κ3) is 16.2. The number of hydrogen-bond acceptors (Lipinski definition) is 5. The fourth-order valence-corrected chi connectivity index (χ4v) is 8.31. The SMILES string of the molecule is C.CS(=O)c1ccc(Sc2ccccc2)cc1.CSc1ccc(Sc2ccc(C)cc2)cc1.Cc1ccc(Sc2ccc([S+](C)C)cc2)cc1.O.[H+]. The molecular weight excluding hydrogens is 741 g/mol. The minimum absolute atomic E-state index is 0. The summed E-state index contributed by atoms with van der Waals surface area (Å²) in [7, 11) is -0.539. The zero-order valence-corrected chi connectivity index (χ0v) is 34.2. The van der Waals surface area contributed by atoms with Crippen LogP contribution in [0.1, 0.15) is 20.0 Å². The van der Waals surface area contributed by atoms with Gasteiger partial charge in [0.15, 0.2) is 4.90 Å². The molecule has 0 aromatic heterocycles. The zero-order valence-electron chi connectivity index (χ0n) is 30.3. The van der Waals surface area contributed by atoms with Crippen LogP contribution >= 0.6 is 47.0 Å². The lowest BCUT2D eigenvalue weighted by Crippen LogP contribution is -1.94. The summed E-state index contributed by atoms with van der Waals surface area (Å²) >= 11 is 7.11. The van der Waals surface area contributed by atoms with Crippen LogP contribution in [-0.2, 0) is 21.7 Å². The first kappa shape index (κ1) is 44.3. The van der Waals surface area contributed by atoms with Crippen LogP contribution in [-0.4, -0.2) is 34.7 Å². The van der Waals surface area contributed by atoms with Crippen molar-refractivity contribution in [2.45, 2.75) is 65.3 Å². The van der Waals surface area contributed by atoms with E-state index < -0.39 is 10.8 Å². The van der Waals surface area contributed by atoms with E-state index >= 15 is 0 Å². The molecule has 0 aliphatic heterocycles. The van der Waals surface area contributed by atoms with Crippen LogP contribution in [0.5, 0.6) is 0 Å². The first-order valence-electron chi connectivity index (χ1n) is 15.7. The molecule has 0 bridgehead atoms. The van der Waals surface area contributed by atoms with E-state index in [1.165, 1.54) is 50.3 Å². The molecule has 51 heavy (non-hydrogen) atoms.